The maximum atomic E-state index is 16.1. The molecule has 1 amide bonds. The predicted octanol–water partition coefficient (Wildman–Crippen LogP) is 6.77. The minimum absolute atomic E-state index is 0.0919. The van der Waals surface area contributed by atoms with Gasteiger partial charge in [0.25, 0.3) is 5.91 Å². The van der Waals surface area contributed by atoms with Crippen LogP contribution >= 0.6 is 10.8 Å². The van der Waals surface area contributed by atoms with Crippen molar-refractivity contribution in [2.75, 3.05) is 35.0 Å². The van der Waals surface area contributed by atoms with E-state index in [4.69, 9.17) is 0 Å². The number of amides is 1. The normalized spacial score (nSPS) is 17.2. The summed E-state index contributed by atoms with van der Waals surface area (Å²) in [6.07, 6.45) is -4.37. The van der Waals surface area contributed by atoms with Crippen LogP contribution in [-0.4, -0.2) is 57.7 Å². The first-order valence-electron chi connectivity index (χ1n) is 15.2. The molecule has 8 nitrogen and oxygen atoms in total. The van der Waals surface area contributed by atoms with Crippen LogP contribution < -0.4 is 20.3 Å². The largest absolute Gasteiger partial charge is 0.416 e. The molecule has 1 aliphatic rings. The molecule has 3 aromatic carbocycles. The Labute approximate surface area is 268 Å². The number of hydrogen-bond acceptors (Lipinski definition) is 7. The highest BCUT2D eigenvalue weighted by Crippen LogP contribution is 2.51. The highest BCUT2D eigenvalue weighted by Gasteiger charge is 2.34. The third-order valence-electron chi connectivity index (χ3n) is 8.07. The number of benzene rings is 3. The van der Waals surface area contributed by atoms with Crippen molar-refractivity contribution in [1.29, 1.82) is 0 Å². The number of hydrogen-bond donors (Lipinski definition) is 6. The zero-order chi connectivity index (χ0) is 33.7. The summed E-state index contributed by atoms with van der Waals surface area (Å²) in [5.74, 6) is -1.64. The van der Waals surface area contributed by atoms with Crippen molar-refractivity contribution in [3.8, 4) is 0 Å². The van der Waals surface area contributed by atoms with E-state index >= 15 is 4.39 Å². The SMILES string of the molecule is CCNc1cc(C(=O)N[C@@H](Cc2ccccc2)[C@@H](O)CNC(C)(C)c2cccc(C(F)(F)F)c2)c(F)c(N2CCCCS2(O)O)c1. The second-order valence-corrected chi connectivity index (χ2v) is 14.1. The van der Waals surface area contributed by atoms with Crippen LogP contribution in [0.3, 0.4) is 0 Å². The average molecular weight is 667 g/mol. The van der Waals surface area contributed by atoms with E-state index < -0.39 is 51.9 Å². The maximum absolute atomic E-state index is 16.1. The summed E-state index contributed by atoms with van der Waals surface area (Å²) in [6.45, 7) is 5.77. The van der Waals surface area contributed by atoms with Gasteiger partial charge in [-0.3, -0.25) is 18.2 Å². The van der Waals surface area contributed by atoms with Crippen molar-refractivity contribution in [3.05, 3.63) is 94.8 Å². The van der Waals surface area contributed by atoms with Crippen LogP contribution in [-0.2, 0) is 18.1 Å². The van der Waals surface area contributed by atoms with Crippen molar-refractivity contribution >= 4 is 28.1 Å². The molecular formula is C33H42F4N4O4S. The topological polar surface area (TPSA) is 117 Å². The highest BCUT2D eigenvalue weighted by molar-refractivity contribution is 8.25. The number of aliphatic hydroxyl groups excluding tert-OH is 1. The van der Waals surface area contributed by atoms with Crippen LogP contribution in [0.4, 0.5) is 28.9 Å². The lowest BCUT2D eigenvalue weighted by Crippen LogP contribution is -2.51. The van der Waals surface area contributed by atoms with E-state index in [1.165, 1.54) is 22.5 Å². The molecule has 252 valence electrons. The summed E-state index contributed by atoms with van der Waals surface area (Å²) in [4.78, 5) is 13.7. The Morgan fingerprint density at radius 1 is 1.00 bits per heavy atom. The molecule has 2 atom stereocenters. The first-order valence-corrected chi connectivity index (χ1v) is 16.9. The van der Waals surface area contributed by atoms with Crippen LogP contribution in [0.25, 0.3) is 0 Å². The molecule has 1 saturated heterocycles. The number of nitrogens with zero attached hydrogens (tertiary/aromatic N) is 1. The lowest BCUT2D eigenvalue weighted by Gasteiger charge is -2.47. The third kappa shape index (κ3) is 8.71. The molecule has 4 rings (SSSR count). The molecule has 46 heavy (non-hydrogen) atoms. The number of halogens is 4. The van der Waals surface area contributed by atoms with Gasteiger partial charge in [-0.05, 0) is 75.4 Å². The van der Waals surface area contributed by atoms with Gasteiger partial charge in [0.05, 0.1) is 34.7 Å². The van der Waals surface area contributed by atoms with Gasteiger partial charge >= 0.3 is 6.18 Å². The number of rotatable bonds is 12. The molecule has 1 aliphatic heterocycles. The zero-order valence-electron chi connectivity index (χ0n) is 26.1. The monoisotopic (exact) mass is 666 g/mol. The quantitative estimate of drug-likeness (QED) is 0.118. The van der Waals surface area contributed by atoms with E-state index in [-0.39, 0.29) is 36.5 Å². The lowest BCUT2D eigenvalue weighted by atomic mass is 9.92. The molecule has 0 aliphatic carbocycles. The van der Waals surface area contributed by atoms with Gasteiger partial charge in [-0.25, -0.2) is 4.39 Å². The first kappa shape index (κ1) is 35.5. The van der Waals surface area contributed by atoms with Crippen molar-refractivity contribution in [2.45, 2.75) is 63.9 Å². The van der Waals surface area contributed by atoms with Crippen LogP contribution in [0, 0.1) is 5.82 Å². The Morgan fingerprint density at radius 3 is 2.35 bits per heavy atom. The molecule has 1 fully saturated rings. The smallest absolute Gasteiger partial charge is 0.390 e. The average Bonchev–Trinajstić information content (AvgIpc) is 3.00. The van der Waals surface area contributed by atoms with Crippen LogP contribution in [0.1, 0.15) is 60.7 Å². The summed E-state index contributed by atoms with van der Waals surface area (Å²) < 4.78 is 78.7. The predicted molar refractivity (Wildman–Crippen MR) is 175 cm³/mol. The van der Waals surface area contributed by atoms with E-state index in [1.807, 2.05) is 25.1 Å². The lowest BCUT2D eigenvalue weighted by molar-refractivity contribution is -0.137. The van der Waals surface area contributed by atoms with Gasteiger partial charge in [-0.15, -0.1) is 10.8 Å². The molecule has 6 N–H and O–H groups in total. The molecule has 1 heterocycles. The van der Waals surface area contributed by atoms with Gasteiger partial charge < -0.3 is 21.1 Å². The number of carbonyl (C=O) groups is 1. The minimum atomic E-state index is -4.51. The second-order valence-electron chi connectivity index (χ2n) is 12.0. The Hall–Kier alpha value is -3.36. The highest BCUT2D eigenvalue weighted by atomic mass is 32.3. The van der Waals surface area contributed by atoms with Crippen molar-refractivity contribution in [1.82, 2.24) is 10.6 Å². The molecule has 0 aromatic heterocycles. The second kappa shape index (κ2) is 14.6. The number of carbonyl (C=O) groups excluding carboxylic acids is 1. The number of anilines is 2. The van der Waals surface area contributed by atoms with Gasteiger partial charge in [0.2, 0.25) is 0 Å². The maximum Gasteiger partial charge on any atom is 0.416 e. The van der Waals surface area contributed by atoms with Gasteiger partial charge in [0.15, 0.2) is 5.82 Å². The number of nitrogens with one attached hydrogen (secondary N) is 3. The molecule has 0 unspecified atom stereocenters. The van der Waals surface area contributed by atoms with Gasteiger partial charge in [-0.1, -0.05) is 42.5 Å². The van der Waals surface area contributed by atoms with Crippen LogP contribution in [0.2, 0.25) is 0 Å². The number of alkyl halides is 3. The van der Waals surface area contributed by atoms with Crippen molar-refractivity contribution in [2.24, 2.45) is 0 Å². The fourth-order valence-corrected chi connectivity index (χ4v) is 7.11. The Balaban J connectivity index is 1.60. The molecule has 0 radical (unpaired) electrons. The van der Waals surface area contributed by atoms with Crippen LogP contribution in [0.15, 0.2) is 66.7 Å². The van der Waals surface area contributed by atoms with Crippen molar-refractivity contribution < 1.29 is 36.6 Å². The van der Waals surface area contributed by atoms with Gasteiger partial charge in [-0.2, -0.15) is 13.2 Å². The molecule has 0 bridgehead atoms. The molecule has 0 saturated carbocycles. The zero-order valence-corrected chi connectivity index (χ0v) is 26.9. The Kier molecular flexibility index (Phi) is 11.3. The standard InChI is InChI=1S/C33H42F4N4O4S/c1-4-38-25-19-26(30(34)28(20-25)41-15-8-9-16-46(41,44)45)31(43)40-27(17-22-11-6-5-7-12-22)29(42)21-39-32(2,3)23-13-10-14-24(18-23)33(35,36)37/h5-7,10-14,18-20,27,29,38-39,42,44-45H,4,8-9,15-17,21H2,1-3H3,(H,40,43)/t27-,29-/m0/s1. The van der Waals surface area contributed by atoms with Crippen molar-refractivity contribution in [3.63, 3.8) is 0 Å². The fourth-order valence-electron chi connectivity index (χ4n) is 5.43. The van der Waals surface area contributed by atoms with E-state index in [0.717, 1.165) is 17.7 Å². The minimum Gasteiger partial charge on any atom is -0.390 e. The van der Waals surface area contributed by atoms with Gasteiger partial charge in [0, 0.05) is 30.9 Å². The van der Waals surface area contributed by atoms with E-state index in [0.29, 0.717) is 30.6 Å². The number of aliphatic hydroxyl groups is 1. The molecular weight excluding hydrogens is 624 g/mol. The first-order chi connectivity index (χ1) is 21.6. The molecule has 0 spiro atoms. The van der Waals surface area contributed by atoms with Crippen LogP contribution in [0.5, 0.6) is 0 Å². The van der Waals surface area contributed by atoms with E-state index in [9.17, 15) is 32.2 Å². The summed E-state index contributed by atoms with van der Waals surface area (Å²) in [5.41, 5.74) is -0.658. The summed E-state index contributed by atoms with van der Waals surface area (Å²) in [7, 11) is -3.28. The fraction of sp³-hybridized carbons (Fsp3) is 0.424. The van der Waals surface area contributed by atoms with Gasteiger partial charge in [0.1, 0.15) is 0 Å². The molecule has 13 heteroatoms. The molecule has 3 aromatic rings. The van der Waals surface area contributed by atoms with E-state index in [1.54, 1.807) is 32.0 Å². The third-order valence-corrected chi connectivity index (χ3v) is 10.00. The Bertz CT molecular complexity index is 1490. The summed E-state index contributed by atoms with van der Waals surface area (Å²) in [6, 6.07) is 15.9. The summed E-state index contributed by atoms with van der Waals surface area (Å²) in [5, 5.41) is 20.3. The Morgan fingerprint density at radius 2 is 1.70 bits per heavy atom. The van der Waals surface area contributed by atoms with E-state index in [2.05, 4.69) is 16.0 Å². The summed E-state index contributed by atoms with van der Waals surface area (Å²) >= 11 is 0.